The molecule has 1 aliphatic heterocycles. The SMILES string of the molecule is CC(=O)NCCn1nc([C@@H]2CCN(C(=O)c3cccnc3)C2)c2cccnc21. The first-order chi connectivity index (χ1) is 13.6. The minimum Gasteiger partial charge on any atom is -0.354 e. The topological polar surface area (TPSA) is 93.0 Å². The molecule has 144 valence electrons. The summed E-state index contributed by atoms with van der Waals surface area (Å²) >= 11 is 0. The zero-order valence-electron chi connectivity index (χ0n) is 15.7. The maximum atomic E-state index is 12.7. The molecule has 0 bridgehead atoms. The van der Waals surface area contributed by atoms with Gasteiger partial charge in [0.1, 0.15) is 0 Å². The molecule has 4 heterocycles. The van der Waals surface area contributed by atoms with Crippen LogP contribution in [-0.4, -0.2) is 56.1 Å². The van der Waals surface area contributed by atoms with Crippen LogP contribution in [0.2, 0.25) is 0 Å². The number of fused-ring (bicyclic) bond motifs is 1. The molecule has 1 saturated heterocycles. The van der Waals surface area contributed by atoms with Gasteiger partial charge in [0.05, 0.1) is 17.8 Å². The van der Waals surface area contributed by atoms with Gasteiger partial charge >= 0.3 is 0 Å². The highest BCUT2D eigenvalue weighted by atomic mass is 16.2. The van der Waals surface area contributed by atoms with E-state index in [1.54, 1.807) is 30.7 Å². The molecule has 8 nitrogen and oxygen atoms in total. The summed E-state index contributed by atoms with van der Waals surface area (Å²) in [5.74, 6) is 0.0995. The number of hydrogen-bond acceptors (Lipinski definition) is 5. The lowest BCUT2D eigenvalue weighted by Gasteiger charge is -2.16. The van der Waals surface area contributed by atoms with Crippen LogP contribution in [-0.2, 0) is 11.3 Å². The van der Waals surface area contributed by atoms with Gasteiger partial charge in [-0.05, 0) is 30.7 Å². The van der Waals surface area contributed by atoms with E-state index >= 15 is 0 Å². The number of pyridine rings is 2. The molecule has 0 radical (unpaired) electrons. The highest BCUT2D eigenvalue weighted by Gasteiger charge is 2.31. The van der Waals surface area contributed by atoms with Crippen LogP contribution in [0.3, 0.4) is 0 Å². The first-order valence-electron chi connectivity index (χ1n) is 9.38. The Bertz CT molecular complexity index is 1000. The molecule has 1 N–H and O–H groups in total. The number of carbonyl (C=O) groups is 2. The second-order valence-electron chi connectivity index (χ2n) is 6.94. The van der Waals surface area contributed by atoms with E-state index in [1.165, 1.54) is 6.92 Å². The second kappa shape index (κ2) is 7.75. The quantitative estimate of drug-likeness (QED) is 0.728. The molecule has 8 heteroatoms. The molecule has 1 atom stereocenters. The molecule has 0 saturated carbocycles. The summed E-state index contributed by atoms with van der Waals surface area (Å²) in [6.45, 7) is 3.87. The molecule has 4 rings (SSSR count). The molecule has 28 heavy (non-hydrogen) atoms. The fraction of sp³-hybridized carbons (Fsp3) is 0.350. The molecule has 0 aliphatic carbocycles. The number of amides is 2. The lowest BCUT2D eigenvalue weighted by Crippen LogP contribution is -2.28. The first-order valence-corrected chi connectivity index (χ1v) is 9.38. The van der Waals surface area contributed by atoms with Gasteiger partial charge in [0.15, 0.2) is 5.65 Å². The molecular weight excluding hydrogens is 356 g/mol. The van der Waals surface area contributed by atoms with E-state index in [9.17, 15) is 9.59 Å². The molecule has 0 aromatic carbocycles. The van der Waals surface area contributed by atoms with E-state index < -0.39 is 0 Å². The van der Waals surface area contributed by atoms with E-state index in [0.29, 0.717) is 31.7 Å². The average molecular weight is 378 g/mol. The lowest BCUT2D eigenvalue weighted by atomic mass is 10.0. The molecule has 1 aliphatic rings. The summed E-state index contributed by atoms with van der Waals surface area (Å²) in [6, 6.07) is 7.49. The van der Waals surface area contributed by atoms with Crippen molar-refractivity contribution in [1.29, 1.82) is 0 Å². The van der Waals surface area contributed by atoms with Crippen LogP contribution in [0.5, 0.6) is 0 Å². The van der Waals surface area contributed by atoms with Crippen molar-refractivity contribution in [1.82, 2.24) is 30.0 Å². The van der Waals surface area contributed by atoms with Gasteiger partial charge in [0.2, 0.25) is 5.91 Å². The van der Waals surface area contributed by atoms with Crippen molar-refractivity contribution in [2.75, 3.05) is 19.6 Å². The number of carbonyl (C=O) groups excluding carboxylic acids is 2. The minimum absolute atomic E-state index is 0.00289. The van der Waals surface area contributed by atoms with Gasteiger partial charge in [-0.25, -0.2) is 9.67 Å². The Balaban J connectivity index is 1.54. The van der Waals surface area contributed by atoms with Gasteiger partial charge in [-0.2, -0.15) is 5.10 Å². The third-order valence-corrected chi connectivity index (χ3v) is 5.00. The van der Waals surface area contributed by atoms with Gasteiger partial charge in [0.25, 0.3) is 5.91 Å². The first kappa shape index (κ1) is 18.1. The van der Waals surface area contributed by atoms with Crippen LogP contribution in [0.4, 0.5) is 0 Å². The van der Waals surface area contributed by atoms with Crippen LogP contribution in [0, 0.1) is 0 Å². The van der Waals surface area contributed by atoms with Crippen molar-refractivity contribution in [3.63, 3.8) is 0 Å². The van der Waals surface area contributed by atoms with Gasteiger partial charge in [-0.1, -0.05) is 0 Å². The summed E-state index contributed by atoms with van der Waals surface area (Å²) in [5, 5.41) is 8.58. The Morgan fingerprint density at radius 1 is 1.25 bits per heavy atom. The van der Waals surface area contributed by atoms with Crippen molar-refractivity contribution < 1.29 is 9.59 Å². The number of rotatable bonds is 5. The normalized spacial score (nSPS) is 16.5. The maximum absolute atomic E-state index is 12.7. The van der Waals surface area contributed by atoms with Crippen molar-refractivity contribution in [2.45, 2.75) is 25.8 Å². The molecule has 2 amide bonds. The molecule has 3 aromatic rings. The van der Waals surface area contributed by atoms with Gasteiger partial charge in [0, 0.05) is 56.5 Å². The largest absolute Gasteiger partial charge is 0.354 e. The third kappa shape index (κ3) is 3.58. The Morgan fingerprint density at radius 2 is 2.11 bits per heavy atom. The molecule has 1 fully saturated rings. The van der Waals surface area contributed by atoms with E-state index in [-0.39, 0.29) is 17.7 Å². The fourth-order valence-electron chi connectivity index (χ4n) is 3.67. The van der Waals surface area contributed by atoms with Gasteiger partial charge < -0.3 is 10.2 Å². The van der Waals surface area contributed by atoms with Crippen molar-refractivity contribution in [3.05, 3.63) is 54.1 Å². The van der Waals surface area contributed by atoms with Crippen molar-refractivity contribution >= 4 is 22.8 Å². The standard InChI is InChI=1S/C20H22N6O2/c1-14(27)22-9-11-26-19-17(5-3-8-23-19)18(24-26)16-6-10-25(13-16)20(28)15-4-2-7-21-12-15/h2-5,7-8,12,16H,6,9-11,13H2,1H3,(H,22,27)/t16-/m1/s1. The summed E-state index contributed by atoms with van der Waals surface area (Å²) in [6.07, 6.45) is 5.87. The molecule has 0 unspecified atom stereocenters. The van der Waals surface area contributed by atoms with E-state index in [2.05, 4.69) is 15.3 Å². The summed E-state index contributed by atoms with van der Waals surface area (Å²) in [5.41, 5.74) is 2.38. The Hall–Kier alpha value is -3.29. The average Bonchev–Trinajstić information content (AvgIpc) is 3.33. The highest BCUT2D eigenvalue weighted by molar-refractivity contribution is 5.94. The molecule has 3 aromatic heterocycles. The molecular formula is C20H22N6O2. The predicted molar refractivity (Wildman–Crippen MR) is 104 cm³/mol. The number of aromatic nitrogens is 4. The zero-order valence-corrected chi connectivity index (χ0v) is 15.7. The van der Waals surface area contributed by atoms with E-state index in [0.717, 1.165) is 23.1 Å². The van der Waals surface area contributed by atoms with Crippen LogP contribution in [0.25, 0.3) is 11.0 Å². The van der Waals surface area contributed by atoms with Crippen LogP contribution >= 0.6 is 0 Å². The van der Waals surface area contributed by atoms with E-state index in [1.807, 2.05) is 21.7 Å². The number of nitrogens with one attached hydrogen (secondary N) is 1. The summed E-state index contributed by atoms with van der Waals surface area (Å²) < 4.78 is 1.84. The summed E-state index contributed by atoms with van der Waals surface area (Å²) in [7, 11) is 0. The number of hydrogen-bond donors (Lipinski definition) is 1. The van der Waals surface area contributed by atoms with E-state index in [4.69, 9.17) is 5.10 Å². The van der Waals surface area contributed by atoms with Crippen LogP contribution < -0.4 is 5.32 Å². The Labute approximate surface area is 162 Å². The zero-order chi connectivity index (χ0) is 19.5. The van der Waals surface area contributed by atoms with Crippen LogP contribution in [0.15, 0.2) is 42.9 Å². The second-order valence-corrected chi connectivity index (χ2v) is 6.94. The fourth-order valence-corrected chi connectivity index (χ4v) is 3.67. The minimum atomic E-state index is -0.0648. The maximum Gasteiger partial charge on any atom is 0.255 e. The monoisotopic (exact) mass is 378 g/mol. The number of nitrogens with zero attached hydrogens (tertiary/aromatic N) is 5. The highest BCUT2D eigenvalue weighted by Crippen LogP contribution is 2.31. The predicted octanol–water partition coefficient (Wildman–Crippen LogP) is 1.59. The van der Waals surface area contributed by atoms with Crippen molar-refractivity contribution in [2.24, 2.45) is 0 Å². The molecule has 0 spiro atoms. The summed E-state index contributed by atoms with van der Waals surface area (Å²) in [4.78, 5) is 34.2. The van der Waals surface area contributed by atoms with Crippen LogP contribution in [0.1, 0.15) is 35.3 Å². The lowest BCUT2D eigenvalue weighted by molar-refractivity contribution is -0.118. The van der Waals surface area contributed by atoms with Gasteiger partial charge in [-0.15, -0.1) is 0 Å². The Kier molecular flexibility index (Phi) is 5.01. The Morgan fingerprint density at radius 3 is 2.89 bits per heavy atom. The van der Waals surface area contributed by atoms with Gasteiger partial charge in [-0.3, -0.25) is 14.6 Å². The third-order valence-electron chi connectivity index (χ3n) is 5.00. The van der Waals surface area contributed by atoms with Crippen molar-refractivity contribution in [3.8, 4) is 0 Å². The number of likely N-dealkylation sites (tertiary alicyclic amines) is 1. The smallest absolute Gasteiger partial charge is 0.255 e.